The van der Waals surface area contributed by atoms with Gasteiger partial charge in [0.15, 0.2) is 0 Å². The van der Waals surface area contributed by atoms with E-state index >= 15 is 0 Å². The third-order valence-electron chi connectivity index (χ3n) is 4.38. The van der Waals surface area contributed by atoms with E-state index in [1.807, 2.05) is 0 Å². The Morgan fingerprint density at radius 2 is 1.59 bits per heavy atom. The van der Waals surface area contributed by atoms with Crippen LogP contribution in [0.1, 0.15) is 26.3 Å². The van der Waals surface area contributed by atoms with Crippen LogP contribution in [-0.4, -0.2) is 37.5 Å². The van der Waals surface area contributed by atoms with Gasteiger partial charge in [0, 0.05) is 11.3 Å². The molecule has 0 radical (unpaired) electrons. The van der Waals surface area contributed by atoms with Crippen LogP contribution in [0.3, 0.4) is 0 Å². The van der Waals surface area contributed by atoms with Gasteiger partial charge in [0.1, 0.15) is 11.6 Å². The van der Waals surface area contributed by atoms with Gasteiger partial charge in [-0.2, -0.15) is 8.42 Å². The molecule has 10 heteroatoms. The van der Waals surface area contributed by atoms with Gasteiger partial charge in [-0.1, -0.05) is 30.3 Å². The minimum atomic E-state index is -4.19. The summed E-state index contributed by atoms with van der Waals surface area (Å²) in [5, 5.41) is 20.4. The summed E-state index contributed by atoms with van der Waals surface area (Å²) in [7, 11) is -4.19. The van der Waals surface area contributed by atoms with E-state index in [1.165, 1.54) is 36.4 Å². The van der Waals surface area contributed by atoms with Crippen LogP contribution in [-0.2, 0) is 14.3 Å². The molecule has 0 spiro atoms. The molecule has 1 amide bonds. The predicted molar refractivity (Wildman–Crippen MR) is 119 cm³/mol. The second kappa shape index (κ2) is 8.90. The van der Waals surface area contributed by atoms with Crippen LogP contribution in [0.15, 0.2) is 66.7 Å². The maximum Gasteiger partial charge on any atom is 0.355 e. The third kappa shape index (κ3) is 5.10. The van der Waals surface area contributed by atoms with Gasteiger partial charge < -0.3 is 20.3 Å². The zero-order chi connectivity index (χ0) is 23.5. The van der Waals surface area contributed by atoms with Gasteiger partial charge in [0.2, 0.25) is 0 Å². The molecule has 164 valence electrons. The topological polar surface area (TPSA) is 160 Å². The first kappa shape index (κ1) is 22.5. The minimum absolute atomic E-state index is 0.151. The lowest BCUT2D eigenvalue weighted by atomic mass is 9.94. The Labute approximate surface area is 184 Å². The van der Waals surface area contributed by atoms with Crippen LogP contribution in [0.2, 0.25) is 0 Å². The lowest BCUT2D eigenvalue weighted by Crippen LogP contribution is -2.21. The Morgan fingerprint density at radius 3 is 2.16 bits per heavy atom. The second-order valence-corrected chi connectivity index (χ2v) is 8.34. The molecule has 3 rings (SSSR count). The molecule has 5 N–H and O–H groups in total. The molecular formula is C22H19N3O6S. The van der Waals surface area contributed by atoms with E-state index < -0.39 is 38.9 Å². The van der Waals surface area contributed by atoms with E-state index in [9.17, 15) is 23.1 Å². The molecule has 0 unspecified atom stereocenters. The zero-order valence-electron chi connectivity index (χ0n) is 16.8. The molecule has 0 atom stereocenters. The SMILES string of the molecule is CS(=O)(=O)OC(=O)c1c(-c2ccccc2)ccc(O)c1C(=O)Nc1ccc(C(=N)N)cc1. The molecule has 0 bridgehead atoms. The molecule has 3 aromatic carbocycles. The Morgan fingerprint density at radius 1 is 0.969 bits per heavy atom. The van der Waals surface area contributed by atoms with E-state index in [-0.39, 0.29) is 11.4 Å². The fraction of sp³-hybridized carbons (Fsp3) is 0.0455. The first-order valence-corrected chi connectivity index (χ1v) is 11.0. The number of phenols is 1. The molecule has 0 aliphatic rings. The van der Waals surface area contributed by atoms with Gasteiger partial charge in [-0.15, -0.1) is 0 Å². The van der Waals surface area contributed by atoms with Crippen molar-refractivity contribution in [1.82, 2.24) is 0 Å². The van der Waals surface area contributed by atoms with Crippen molar-refractivity contribution >= 4 is 33.5 Å². The van der Waals surface area contributed by atoms with E-state index in [1.54, 1.807) is 30.3 Å². The summed E-state index contributed by atoms with van der Waals surface area (Å²) in [6.45, 7) is 0. The third-order valence-corrected chi connectivity index (χ3v) is 4.83. The molecular weight excluding hydrogens is 434 g/mol. The average Bonchev–Trinajstić information content (AvgIpc) is 2.73. The van der Waals surface area contributed by atoms with Crippen molar-refractivity contribution in [2.45, 2.75) is 0 Å². The van der Waals surface area contributed by atoms with Crippen LogP contribution >= 0.6 is 0 Å². The molecule has 9 nitrogen and oxygen atoms in total. The number of phenolic OH excluding ortho intramolecular Hbond substituents is 1. The van der Waals surface area contributed by atoms with Gasteiger partial charge in [0.05, 0.1) is 17.4 Å². The number of nitrogens with one attached hydrogen (secondary N) is 2. The fourth-order valence-corrected chi connectivity index (χ4v) is 3.36. The Bertz CT molecular complexity index is 1300. The summed E-state index contributed by atoms with van der Waals surface area (Å²) in [5.74, 6) is -2.86. The number of hydrogen-bond acceptors (Lipinski definition) is 7. The van der Waals surface area contributed by atoms with E-state index in [0.29, 0.717) is 23.1 Å². The highest BCUT2D eigenvalue weighted by Crippen LogP contribution is 2.33. The van der Waals surface area contributed by atoms with Gasteiger partial charge >= 0.3 is 16.1 Å². The highest BCUT2D eigenvalue weighted by molar-refractivity contribution is 7.86. The quantitative estimate of drug-likeness (QED) is 0.254. The summed E-state index contributed by atoms with van der Waals surface area (Å²) in [5.41, 5.74) is 6.01. The number of amidine groups is 1. The number of amides is 1. The van der Waals surface area contributed by atoms with Crippen molar-refractivity contribution in [2.75, 3.05) is 11.6 Å². The van der Waals surface area contributed by atoms with Crippen molar-refractivity contribution in [3.05, 3.63) is 83.4 Å². The number of anilines is 1. The highest BCUT2D eigenvalue weighted by Gasteiger charge is 2.28. The number of carbonyl (C=O) groups is 2. The van der Waals surface area contributed by atoms with Crippen LogP contribution in [0.5, 0.6) is 5.75 Å². The van der Waals surface area contributed by atoms with E-state index in [4.69, 9.17) is 11.1 Å². The highest BCUT2D eigenvalue weighted by atomic mass is 32.2. The van der Waals surface area contributed by atoms with Crippen molar-refractivity contribution in [3.8, 4) is 16.9 Å². The van der Waals surface area contributed by atoms with Crippen LogP contribution in [0.4, 0.5) is 5.69 Å². The number of nitrogens with two attached hydrogens (primary N) is 1. The first-order valence-electron chi connectivity index (χ1n) is 9.18. The fourth-order valence-electron chi connectivity index (χ4n) is 3.00. The van der Waals surface area contributed by atoms with Gasteiger partial charge in [0.25, 0.3) is 5.91 Å². The number of hydrogen-bond donors (Lipinski definition) is 4. The Hall–Kier alpha value is -4.18. The number of aromatic hydroxyl groups is 1. The maximum atomic E-state index is 13.0. The van der Waals surface area contributed by atoms with Crippen LogP contribution < -0.4 is 11.1 Å². The zero-order valence-corrected chi connectivity index (χ0v) is 17.6. The van der Waals surface area contributed by atoms with Crippen molar-refractivity contribution in [2.24, 2.45) is 5.73 Å². The average molecular weight is 453 g/mol. The number of rotatable bonds is 6. The Balaban J connectivity index is 2.11. The smallest absolute Gasteiger partial charge is 0.355 e. The van der Waals surface area contributed by atoms with Gasteiger partial charge in [-0.3, -0.25) is 10.2 Å². The summed E-state index contributed by atoms with van der Waals surface area (Å²) in [6, 6.07) is 17.1. The molecule has 0 aromatic heterocycles. The summed E-state index contributed by atoms with van der Waals surface area (Å²) in [4.78, 5) is 25.8. The first-order chi connectivity index (χ1) is 15.1. The summed E-state index contributed by atoms with van der Waals surface area (Å²) >= 11 is 0. The summed E-state index contributed by atoms with van der Waals surface area (Å²) < 4.78 is 27.7. The molecule has 3 aromatic rings. The summed E-state index contributed by atoms with van der Waals surface area (Å²) in [6.07, 6.45) is 0.701. The van der Waals surface area contributed by atoms with Crippen molar-refractivity contribution in [3.63, 3.8) is 0 Å². The van der Waals surface area contributed by atoms with Crippen molar-refractivity contribution in [1.29, 1.82) is 5.41 Å². The molecule has 0 aliphatic carbocycles. The van der Waals surface area contributed by atoms with Crippen LogP contribution in [0.25, 0.3) is 11.1 Å². The number of carbonyl (C=O) groups excluding carboxylic acids is 2. The standard InChI is InChI=1S/C22H19N3O6S/c1-32(29,30)31-22(28)18-16(13-5-3-2-4-6-13)11-12-17(26)19(18)21(27)25-15-9-7-14(8-10-15)20(23)24/h2-12,26H,1H3,(H3,23,24)(H,25,27). The molecule has 0 heterocycles. The monoisotopic (exact) mass is 453 g/mol. The molecule has 0 saturated carbocycles. The van der Waals surface area contributed by atoms with E-state index in [2.05, 4.69) is 9.50 Å². The van der Waals surface area contributed by atoms with E-state index in [0.717, 1.165) is 0 Å². The minimum Gasteiger partial charge on any atom is -0.507 e. The van der Waals surface area contributed by atoms with Crippen molar-refractivity contribution < 1.29 is 27.3 Å². The lowest BCUT2D eigenvalue weighted by molar-refractivity contribution is 0.0743. The number of benzene rings is 3. The second-order valence-electron chi connectivity index (χ2n) is 6.77. The Kier molecular flexibility index (Phi) is 6.26. The van der Waals surface area contributed by atoms with Gasteiger partial charge in [-0.05, 0) is 47.5 Å². The molecule has 0 aliphatic heterocycles. The maximum absolute atomic E-state index is 13.0. The molecule has 0 fully saturated rings. The van der Waals surface area contributed by atoms with Gasteiger partial charge in [-0.25, -0.2) is 4.79 Å². The lowest BCUT2D eigenvalue weighted by Gasteiger charge is -2.15. The predicted octanol–water partition coefficient (Wildman–Crippen LogP) is 2.71. The number of nitrogen functional groups attached to an aromatic ring is 1. The largest absolute Gasteiger partial charge is 0.507 e. The molecule has 0 saturated heterocycles. The van der Waals surface area contributed by atoms with Crippen LogP contribution in [0, 0.1) is 5.41 Å². The normalized spacial score (nSPS) is 10.9. The molecule has 32 heavy (non-hydrogen) atoms.